The molecule has 34 heavy (non-hydrogen) atoms. The number of nitrogens with zero attached hydrogens (tertiary/aromatic N) is 1. The van der Waals surface area contributed by atoms with Gasteiger partial charge in [0.25, 0.3) is 11.7 Å². The Hall–Kier alpha value is -4.04. The average molecular weight is 484 g/mol. The van der Waals surface area contributed by atoms with Gasteiger partial charge in [-0.15, -0.1) is 0 Å². The van der Waals surface area contributed by atoms with Crippen LogP contribution in [0.1, 0.15) is 17.2 Å². The second-order valence-corrected chi connectivity index (χ2v) is 7.83. The van der Waals surface area contributed by atoms with Crippen LogP contribution in [0.25, 0.3) is 5.76 Å². The van der Waals surface area contributed by atoms with E-state index in [4.69, 9.17) is 21.1 Å². The number of aliphatic hydroxyl groups is 1. The predicted octanol–water partition coefficient (Wildman–Crippen LogP) is 4.83. The molecule has 9 heteroatoms. The molecule has 1 atom stereocenters. The predicted molar refractivity (Wildman–Crippen MR) is 124 cm³/mol. The zero-order valence-electron chi connectivity index (χ0n) is 18.1. The van der Waals surface area contributed by atoms with Crippen LogP contribution in [-0.2, 0) is 9.59 Å². The number of aliphatic hydroxyl groups excluding tert-OH is 1. The number of ketones is 1. The van der Waals surface area contributed by atoms with Gasteiger partial charge >= 0.3 is 0 Å². The lowest BCUT2D eigenvalue weighted by atomic mass is 9.94. The Labute approximate surface area is 199 Å². The highest BCUT2D eigenvalue weighted by molar-refractivity contribution is 6.52. The molecule has 7 nitrogen and oxygen atoms in total. The van der Waals surface area contributed by atoms with Crippen LogP contribution in [0.4, 0.5) is 10.1 Å². The van der Waals surface area contributed by atoms with E-state index in [9.17, 15) is 24.2 Å². The van der Waals surface area contributed by atoms with Gasteiger partial charge in [-0.3, -0.25) is 14.5 Å². The minimum Gasteiger partial charge on any atom is -0.508 e. The summed E-state index contributed by atoms with van der Waals surface area (Å²) in [5, 5.41) is 21.1. The number of phenols is 1. The lowest BCUT2D eigenvalue weighted by molar-refractivity contribution is -0.132. The minimum atomic E-state index is -1.10. The molecule has 3 aromatic carbocycles. The van der Waals surface area contributed by atoms with Crippen LogP contribution in [0.5, 0.6) is 17.2 Å². The molecule has 1 aliphatic rings. The molecule has 1 fully saturated rings. The van der Waals surface area contributed by atoms with Gasteiger partial charge in [0.05, 0.1) is 36.4 Å². The molecule has 1 unspecified atom stereocenters. The van der Waals surface area contributed by atoms with Gasteiger partial charge in [-0.05, 0) is 54.1 Å². The summed E-state index contributed by atoms with van der Waals surface area (Å²) >= 11 is 6.26. The average Bonchev–Trinajstić information content (AvgIpc) is 3.09. The summed E-state index contributed by atoms with van der Waals surface area (Å²) in [6.07, 6.45) is 0. The van der Waals surface area contributed by atoms with Crippen LogP contribution in [0.15, 0.2) is 66.2 Å². The first-order valence-electron chi connectivity index (χ1n) is 10.0. The van der Waals surface area contributed by atoms with Crippen molar-refractivity contribution in [2.45, 2.75) is 6.04 Å². The third kappa shape index (κ3) is 3.92. The highest BCUT2D eigenvalue weighted by atomic mass is 35.5. The number of halogens is 2. The number of rotatable bonds is 5. The molecule has 4 rings (SSSR count). The number of Topliss-reactive ketones (excluding diaryl/α,β-unsaturated/α-hetero) is 1. The Morgan fingerprint density at radius 3 is 2.24 bits per heavy atom. The van der Waals surface area contributed by atoms with Crippen molar-refractivity contribution < 1.29 is 33.7 Å². The molecule has 1 aliphatic heterocycles. The van der Waals surface area contributed by atoms with Gasteiger partial charge in [-0.1, -0.05) is 23.7 Å². The summed E-state index contributed by atoms with van der Waals surface area (Å²) in [5.74, 6) is -2.71. The maximum absolute atomic E-state index is 14.0. The third-order valence-corrected chi connectivity index (χ3v) is 5.78. The molecule has 0 bridgehead atoms. The molecule has 174 valence electrons. The first-order chi connectivity index (χ1) is 16.3. The number of methoxy groups -OCH3 is 2. The first-order valence-corrected chi connectivity index (χ1v) is 10.4. The number of aromatic hydroxyl groups is 1. The van der Waals surface area contributed by atoms with Gasteiger partial charge in [0.15, 0.2) is 0 Å². The topological polar surface area (TPSA) is 96.3 Å². The van der Waals surface area contributed by atoms with Gasteiger partial charge in [0, 0.05) is 5.69 Å². The van der Waals surface area contributed by atoms with Gasteiger partial charge in [-0.2, -0.15) is 0 Å². The number of carbonyl (C=O) groups is 2. The quantitative estimate of drug-likeness (QED) is 0.306. The number of amides is 1. The van der Waals surface area contributed by atoms with Crippen LogP contribution in [0.3, 0.4) is 0 Å². The van der Waals surface area contributed by atoms with Gasteiger partial charge < -0.3 is 19.7 Å². The van der Waals surface area contributed by atoms with Crippen LogP contribution in [-0.4, -0.2) is 36.1 Å². The maximum atomic E-state index is 14.0. The molecule has 1 saturated heterocycles. The number of phenolic OH excluding ortho intramolecular Hbond substituents is 1. The van der Waals surface area contributed by atoms with Crippen molar-refractivity contribution in [2.24, 2.45) is 0 Å². The summed E-state index contributed by atoms with van der Waals surface area (Å²) in [7, 11) is 2.77. The van der Waals surface area contributed by atoms with E-state index < -0.39 is 29.3 Å². The van der Waals surface area contributed by atoms with E-state index in [1.807, 2.05) is 0 Å². The number of benzene rings is 3. The summed E-state index contributed by atoms with van der Waals surface area (Å²) in [6, 6.07) is 12.7. The Morgan fingerprint density at radius 2 is 1.62 bits per heavy atom. The van der Waals surface area contributed by atoms with Crippen molar-refractivity contribution in [1.82, 2.24) is 0 Å². The Balaban J connectivity index is 1.98. The lowest BCUT2D eigenvalue weighted by Gasteiger charge is -2.26. The van der Waals surface area contributed by atoms with Gasteiger partial charge in [-0.25, -0.2) is 4.39 Å². The molecule has 0 aromatic heterocycles. The fourth-order valence-electron chi connectivity index (χ4n) is 3.89. The summed E-state index contributed by atoms with van der Waals surface area (Å²) in [5.41, 5.74) is 0.334. The summed E-state index contributed by atoms with van der Waals surface area (Å²) < 4.78 is 24.4. The fraction of sp³-hybridized carbons (Fsp3) is 0.120. The van der Waals surface area contributed by atoms with E-state index in [1.165, 1.54) is 55.5 Å². The SMILES string of the molecule is COc1ccc(N2C(=O)C(=O)/C(=C(/O)c3cc(F)ccc3OC)C2c2ccc(O)cc2)cc1Cl. The van der Waals surface area contributed by atoms with Crippen LogP contribution in [0, 0.1) is 5.82 Å². The smallest absolute Gasteiger partial charge is 0.300 e. The van der Waals surface area contributed by atoms with Crippen molar-refractivity contribution >= 4 is 34.7 Å². The van der Waals surface area contributed by atoms with Crippen LogP contribution < -0.4 is 14.4 Å². The van der Waals surface area contributed by atoms with Crippen LogP contribution >= 0.6 is 11.6 Å². The number of hydrogen-bond donors (Lipinski definition) is 2. The van der Waals surface area contributed by atoms with Crippen molar-refractivity contribution in [1.29, 1.82) is 0 Å². The highest BCUT2D eigenvalue weighted by Gasteiger charge is 2.47. The molecule has 1 heterocycles. The molecular formula is C25H19ClFNO6. The molecule has 1 amide bonds. The van der Waals surface area contributed by atoms with E-state index in [2.05, 4.69) is 0 Å². The van der Waals surface area contributed by atoms with E-state index in [-0.39, 0.29) is 33.3 Å². The van der Waals surface area contributed by atoms with Crippen molar-refractivity contribution in [3.63, 3.8) is 0 Å². The van der Waals surface area contributed by atoms with E-state index >= 15 is 0 Å². The fourth-order valence-corrected chi connectivity index (χ4v) is 4.14. The largest absolute Gasteiger partial charge is 0.508 e. The van der Waals surface area contributed by atoms with E-state index in [1.54, 1.807) is 12.1 Å². The number of ether oxygens (including phenoxy) is 2. The van der Waals surface area contributed by atoms with Crippen molar-refractivity contribution in [3.05, 3.63) is 88.2 Å². The third-order valence-electron chi connectivity index (χ3n) is 5.48. The van der Waals surface area contributed by atoms with Gasteiger partial charge in [0.2, 0.25) is 0 Å². The number of anilines is 1. The molecule has 0 radical (unpaired) electrons. The molecule has 3 aromatic rings. The minimum absolute atomic E-state index is 0.0278. The number of hydrogen-bond acceptors (Lipinski definition) is 6. The molecule has 0 saturated carbocycles. The Kier molecular flexibility index (Phi) is 6.17. The Bertz CT molecular complexity index is 1320. The normalized spacial score (nSPS) is 17.2. The standard InChI is InChI=1S/C25H19ClFNO6/c1-33-19-9-5-14(27)11-17(19)23(30)21-22(13-3-7-16(29)8-4-13)28(25(32)24(21)31)15-6-10-20(34-2)18(26)12-15/h3-12,22,29-30H,1-2H3/b23-21+. The lowest BCUT2D eigenvalue weighted by Crippen LogP contribution is -2.29. The zero-order valence-corrected chi connectivity index (χ0v) is 18.8. The van der Waals surface area contributed by atoms with Crippen molar-refractivity contribution in [3.8, 4) is 17.2 Å². The van der Waals surface area contributed by atoms with Crippen molar-refractivity contribution in [2.75, 3.05) is 19.1 Å². The first kappa shape index (κ1) is 23.1. The monoisotopic (exact) mass is 483 g/mol. The van der Waals surface area contributed by atoms with E-state index in [0.717, 1.165) is 12.1 Å². The molecule has 0 spiro atoms. The van der Waals surface area contributed by atoms with Gasteiger partial charge in [0.1, 0.15) is 28.8 Å². The molecular weight excluding hydrogens is 465 g/mol. The Morgan fingerprint density at radius 1 is 0.971 bits per heavy atom. The second-order valence-electron chi connectivity index (χ2n) is 7.42. The molecule has 0 aliphatic carbocycles. The summed E-state index contributed by atoms with van der Waals surface area (Å²) in [6.45, 7) is 0. The zero-order chi connectivity index (χ0) is 24.6. The van der Waals surface area contributed by atoms with Crippen LogP contribution in [0.2, 0.25) is 5.02 Å². The summed E-state index contributed by atoms with van der Waals surface area (Å²) in [4.78, 5) is 27.6. The second kappa shape index (κ2) is 9.07. The number of carbonyl (C=O) groups excluding carboxylic acids is 2. The molecule has 2 N–H and O–H groups in total. The highest BCUT2D eigenvalue weighted by Crippen LogP contribution is 2.44. The van der Waals surface area contributed by atoms with E-state index in [0.29, 0.717) is 11.3 Å². The maximum Gasteiger partial charge on any atom is 0.300 e.